The minimum Gasteiger partial charge on any atom is -0.465 e. The monoisotopic (exact) mass is 396 g/mol. The molecule has 27 heavy (non-hydrogen) atoms. The smallest absolute Gasteiger partial charge is 0.339 e. The molecule has 1 aromatic rings. The Morgan fingerprint density at radius 3 is 2.44 bits per heavy atom. The van der Waals surface area contributed by atoms with Crippen LogP contribution in [0, 0.1) is 11.8 Å². The van der Waals surface area contributed by atoms with Gasteiger partial charge in [-0.3, -0.25) is 4.79 Å². The van der Waals surface area contributed by atoms with Gasteiger partial charge in [0, 0.05) is 25.6 Å². The van der Waals surface area contributed by atoms with Crippen molar-refractivity contribution in [1.29, 1.82) is 0 Å². The van der Waals surface area contributed by atoms with E-state index < -0.39 is 16.0 Å². The second-order valence-electron chi connectivity index (χ2n) is 7.14. The summed E-state index contributed by atoms with van der Waals surface area (Å²) in [5.74, 6) is -0.358. The van der Waals surface area contributed by atoms with Crippen LogP contribution in [-0.2, 0) is 19.6 Å². The zero-order valence-corrected chi connectivity index (χ0v) is 16.9. The van der Waals surface area contributed by atoms with Crippen molar-refractivity contribution in [2.75, 3.05) is 26.7 Å². The third-order valence-electron chi connectivity index (χ3n) is 4.76. The molecule has 0 aromatic heterocycles. The first-order chi connectivity index (χ1) is 12.8. The fourth-order valence-corrected chi connectivity index (χ4v) is 4.75. The Morgan fingerprint density at radius 2 is 1.85 bits per heavy atom. The van der Waals surface area contributed by atoms with E-state index >= 15 is 0 Å². The molecule has 1 aliphatic heterocycles. The number of nitrogens with one attached hydrogen (secondary N) is 1. The molecule has 1 fully saturated rings. The first kappa shape index (κ1) is 21.4. The molecule has 0 spiro atoms. The largest absolute Gasteiger partial charge is 0.465 e. The van der Waals surface area contributed by atoms with Crippen molar-refractivity contribution < 1.29 is 22.7 Å². The van der Waals surface area contributed by atoms with Crippen LogP contribution in [0.5, 0.6) is 0 Å². The molecule has 1 aromatic carbocycles. The quantitative estimate of drug-likeness (QED) is 0.712. The van der Waals surface area contributed by atoms with Crippen LogP contribution in [0.1, 0.15) is 43.5 Å². The third-order valence-corrected chi connectivity index (χ3v) is 6.71. The maximum absolute atomic E-state index is 13.0. The Morgan fingerprint density at radius 1 is 1.22 bits per heavy atom. The standard InChI is InChI=1S/C19H28N2O5S/c1-14(2)8-11-20-18(22)15-9-12-21(13-10-15)27(24,25)17-7-5-4-6-16(17)19(23)26-3/h4-7,14-15H,8-13H2,1-3H3,(H,20,22). The second kappa shape index (κ2) is 9.32. The number of methoxy groups -OCH3 is 1. The summed E-state index contributed by atoms with van der Waals surface area (Å²) in [6.07, 6.45) is 1.85. The lowest BCUT2D eigenvalue weighted by Crippen LogP contribution is -2.43. The maximum Gasteiger partial charge on any atom is 0.339 e. The molecule has 0 radical (unpaired) electrons. The van der Waals surface area contributed by atoms with Gasteiger partial charge in [-0.1, -0.05) is 26.0 Å². The summed E-state index contributed by atoms with van der Waals surface area (Å²) in [7, 11) is -2.61. The Bertz CT molecular complexity index is 768. The maximum atomic E-state index is 13.0. The van der Waals surface area contributed by atoms with Crippen molar-refractivity contribution in [3.63, 3.8) is 0 Å². The lowest BCUT2D eigenvalue weighted by molar-refractivity contribution is -0.126. The highest BCUT2D eigenvalue weighted by atomic mass is 32.2. The SMILES string of the molecule is COC(=O)c1ccccc1S(=O)(=O)N1CCC(C(=O)NCCC(C)C)CC1. The Hall–Kier alpha value is -1.93. The molecule has 0 atom stereocenters. The van der Waals surface area contributed by atoms with Gasteiger partial charge in [-0.15, -0.1) is 0 Å². The van der Waals surface area contributed by atoms with Crippen molar-refractivity contribution >= 4 is 21.9 Å². The number of rotatable bonds is 7. The first-order valence-corrected chi connectivity index (χ1v) is 10.7. The van der Waals surface area contributed by atoms with Crippen LogP contribution < -0.4 is 5.32 Å². The summed E-state index contributed by atoms with van der Waals surface area (Å²) in [6.45, 7) is 5.34. The van der Waals surface area contributed by atoms with E-state index in [1.54, 1.807) is 12.1 Å². The van der Waals surface area contributed by atoms with Gasteiger partial charge >= 0.3 is 5.97 Å². The number of sulfonamides is 1. The molecule has 0 aliphatic carbocycles. The molecule has 1 amide bonds. The van der Waals surface area contributed by atoms with E-state index in [4.69, 9.17) is 0 Å². The number of carbonyl (C=O) groups is 2. The normalized spacial score (nSPS) is 16.3. The van der Waals surface area contributed by atoms with Crippen LogP contribution in [0.2, 0.25) is 0 Å². The van der Waals surface area contributed by atoms with Gasteiger partial charge in [-0.05, 0) is 37.3 Å². The number of carbonyl (C=O) groups excluding carboxylic acids is 2. The van der Waals surface area contributed by atoms with Crippen LogP contribution in [-0.4, -0.2) is 51.3 Å². The van der Waals surface area contributed by atoms with E-state index in [2.05, 4.69) is 23.9 Å². The number of nitrogens with zero attached hydrogens (tertiary/aromatic N) is 1. The molecule has 1 heterocycles. The summed E-state index contributed by atoms with van der Waals surface area (Å²) in [5, 5.41) is 2.93. The minimum atomic E-state index is -3.82. The van der Waals surface area contributed by atoms with Gasteiger partial charge in [0.2, 0.25) is 15.9 Å². The topological polar surface area (TPSA) is 92.8 Å². The number of hydrogen-bond acceptors (Lipinski definition) is 5. The van der Waals surface area contributed by atoms with Gasteiger partial charge in [-0.2, -0.15) is 4.31 Å². The summed E-state index contributed by atoms with van der Waals surface area (Å²) in [6, 6.07) is 6.02. The number of benzene rings is 1. The van der Waals surface area contributed by atoms with Crippen LogP contribution in [0.15, 0.2) is 29.2 Å². The Balaban J connectivity index is 2.03. The molecular weight excluding hydrogens is 368 g/mol. The van der Waals surface area contributed by atoms with E-state index in [1.807, 2.05) is 0 Å². The van der Waals surface area contributed by atoms with Gasteiger partial charge in [0.05, 0.1) is 17.6 Å². The molecule has 7 nitrogen and oxygen atoms in total. The van der Waals surface area contributed by atoms with Crippen molar-refractivity contribution in [2.45, 2.75) is 38.0 Å². The van der Waals surface area contributed by atoms with E-state index in [9.17, 15) is 18.0 Å². The van der Waals surface area contributed by atoms with Gasteiger partial charge in [0.1, 0.15) is 0 Å². The molecule has 0 unspecified atom stereocenters. The highest BCUT2D eigenvalue weighted by Gasteiger charge is 2.34. The zero-order valence-electron chi connectivity index (χ0n) is 16.1. The average Bonchev–Trinajstić information content (AvgIpc) is 2.67. The lowest BCUT2D eigenvalue weighted by atomic mass is 9.97. The van der Waals surface area contributed by atoms with Crippen LogP contribution in [0.4, 0.5) is 0 Å². The summed E-state index contributed by atoms with van der Waals surface area (Å²) < 4.78 is 32.0. The van der Waals surface area contributed by atoms with Crippen LogP contribution in [0.25, 0.3) is 0 Å². The predicted octanol–water partition coefficient (Wildman–Crippen LogP) is 2.04. The highest BCUT2D eigenvalue weighted by molar-refractivity contribution is 7.89. The van der Waals surface area contributed by atoms with Crippen LogP contribution in [0.3, 0.4) is 0 Å². The Labute approximate surface area is 161 Å². The van der Waals surface area contributed by atoms with Gasteiger partial charge in [0.15, 0.2) is 0 Å². The lowest BCUT2D eigenvalue weighted by Gasteiger charge is -2.31. The molecule has 0 bridgehead atoms. The number of ether oxygens (including phenoxy) is 1. The zero-order chi connectivity index (χ0) is 20.0. The molecule has 2 rings (SSSR count). The fraction of sp³-hybridized carbons (Fsp3) is 0.579. The average molecular weight is 397 g/mol. The number of piperidine rings is 1. The van der Waals surface area contributed by atoms with Gasteiger partial charge in [-0.25, -0.2) is 13.2 Å². The number of amides is 1. The summed E-state index contributed by atoms with van der Waals surface area (Å²) >= 11 is 0. The van der Waals surface area contributed by atoms with E-state index in [1.165, 1.54) is 23.5 Å². The highest BCUT2D eigenvalue weighted by Crippen LogP contribution is 2.26. The molecule has 0 saturated carbocycles. The van der Waals surface area contributed by atoms with Crippen LogP contribution >= 0.6 is 0 Å². The number of esters is 1. The number of hydrogen-bond donors (Lipinski definition) is 1. The molecule has 150 valence electrons. The summed E-state index contributed by atoms with van der Waals surface area (Å²) in [4.78, 5) is 24.1. The van der Waals surface area contributed by atoms with E-state index in [-0.39, 0.29) is 35.4 Å². The van der Waals surface area contributed by atoms with E-state index in [0.29, 0.717) is 25.3 Å². The third kappa shape index (κ3) is 5.29. The Kier molecular flexibility index (Phi) is 7.38. The van der Waals surface area contributed by atoms with Crippen molar-refractivity contribution in [1.82, 2.24) is 9.62 Å². The molecule has 1 aliphatic rings. The summed E-state index contributed by atoms with van der Waals surface area (Å²) in [5.41, 5.74) is 0.0218. The van der Waals surface area contributed by atoms with Gasteiger partial charge < -0.3 is 10.1 Å². The molecule has 1 saturated heterocycles. The van der Waals surface area contributed by atoms with Crippen molar-refractivity contribution in [3.8, 4) is 0 Å². The first-order valence-electron chi connectivity index (χ1n) is 9.22. The van der Waals surface area contributed by atoms with Crippen molar-refractivity contribution in [3.05, 3.63) is 29.8 Å². The molecular formula is C19H28N2O5S. The van der Waals surface area contributed by atoms with E-state index in [0.717, 1.165) is 6.42 Å². The minimum absolute atomic E-state index is 0.0114. The molecule has 1 N–H and O–H groups in total. The van der Waals surface area contributed by atoms with Crippen molar-refractivity contribution in [2.24, 2.45) is 11.8 Å². The predicted molar refractivity (Wildman–Crippen MR) is 102 cm³/mol. The van der Waals surface area contributed by atoms with Gasteiger partial charge in [0.25, 0.3) is 0 Å². The molecule has 8 heteroatoms. The fourth-order valence-electron chi connectivity index (χ4n) is 3.10. The second-order valence-corrected chi connectivity index (χ2v) is 9.05.